The van der Waals surface area contributed by atoms with Crippen LogP contribution in [0, 0.1) is 11.6 Å². The largest absolute Gasteiger partial charge is 0.365 e. The summed E-state index contributed by atoms with van der Waals surface area (Å²) in [5.74, 6) is -1.29. The maximum absolute atomic E-state index is 14.2. The molecule has 5 heteroatoms. The SMILES string of the molecule is Cn1ccc(C2(c3ccc(F)cc3F)CCCO2)cc1=O. The summed E-state index contributed by atoms with van der Waals surface area (Å²) in [4.78, 5) is 11.9. The molecule has 0 N–H and O–H groups in total. The molecule has 0 amide bonds. The van der Waals surface area contributed by atoms with Gasteiger partial charge in [-0.05, 0) is 36.6 Å². The van der Waals surface area contributed by atoms with Gasteiger partial charge in [-0.25, -0.2) is 8.78 Å². The van der Waals surface area contributed by atoms with Gasteiger partial charge in [0, 0.05) is 37.5 Å². The average Bonchev–Trinajstić information content (AvgIpc) is 2.92. The van der Waals surface area contributed by atoms with Crippen molar-refractivity contribution >= 4 is 0 Å². The minimum atomic E-state index is -1.01. The van der Waals surface area contributed by atoms with Gasteiger partial charge in [0.1, 0.15) is 17.2 Å². The molecular formula is C16H15F2NO2. The summed E-state index contributed by atoms with van der Waals surface area (Å²) in [6, 6.07) is 6.65. The predicted molar refractivity (Wildman–Crippen MR) is 74.0 cm³/mol. The lowest BCUT2D eigenvalue weighted by Gasteiger charge is -2.30. The third-order valence-electron chi connectivity index (χ3n) is 3.96. The number of nitrogens with zero attached hydrogens (tertiary/aromatic N) is 1. The van der Waals surface area contributed by atoms with E-state index in [9.17, 15) is 13.6 Å². The Kier molecular flexibility index (Phi) is 3.37. The number of rotatable bonds is 2. The van der Waals surface area contributed by atoms with Gasteiger partial charge in [-0.1, -0.05) is 0 Å². The van der Waals surface area contributed by atoms with Crippen LogP contribution in [0.2, 0.25) is 0 Å². The van der Waals surface area contributed by atoms with Crippen LogP contribution < -0.4 is 5.56 Å². The normalized spacial score (nSPS) is 21.7. The first-order valence-electron chi connectivity index (χ1n) is 6.79. The fourth-order valence-electron chi connectivity index (χ4n) is 2.85. The zero-order chi connectivity index (χ0) is 15.0. The van der Waals surface area contributed by atoms with Crippen molar-refractivity contribution in [2.24, 2.45) is 7.05 Å². The van der Waals surface area contributed by atoms with E-state index in [0.717, 1.165) is 12.5 Å². The van der Waals surface area contributed by atoms with Gasteiger partial charge in [0.15, 0.2) is 0 Å². The van der Waals surface area contributed by atoms with Crippen molar-refractivity contribution in [1.29, 1.82) is 0 Å². The molecule has 2 heterocycles. The monoisotopic (exact) mass is 291 g/mol. The summed E-state index contributed by atoms with van der Waals surface area (Å²) in [6.45, 7) is 0.478. The maximum atomic E-state index is 14.2. The molecule has 1 unspecified atom stereocenters. The van der Waals surface area contributed by atoms with Gasteiger partial charge in [0.2, 0.25) is 0 Å². The van der Waals surface area contributed by atoms with Gasteiger partial charge >= 0.3 is 0 Å². The van der Waals surface area contributed by atoms with E-state index in [1.807, 2.05) is 0 Å². The number of ether oxygens (including phenoxy) is 1. The van der Waals surface area contributed by atoms with Crippen LogP contribution in [0.5, 0.6) is 0 Å². The zero-order valence-electron chi connectivity index (χ0n) is 11.6. The molecule has 1 aliphatic rings. The Morgan fingerprint density at radius 2 is 2.05 bits per heavy atom. The number of hydrogen-bond donors (Lipinski definition) is 0. The van der Waals surface area contributed by atoms with Gasteiger partial charge < -0.3 is 9.30 Å². The van der Waals surface area contributed by atoms with Crippen LogP contribution in [-0.4, -0.2) is 11.2 Å². The van der Waals surface area contributed by atoms with E-state index in [1.54, 1.807) is 19.3 Å². The number of aromatic nitrogens is 1. The van der Waals surface area contributed by atoms with Crippen molar-refractivity contribution in [2.75, 3.05) is 6.61 Å². The summed E-state index contributed by atoms with van der Waals surface area (Å²) in [5, 5.41) is 0. The Bertz CT molecular complexity index is 733. The van der Waals surface area contributed by atoms with Crippen molar-refractivity contribution in [2.45, 2.75) is 18.4 Å². The Labute approximate surface area is 120 Å². The first-order valence-corrected chi connectivity index (χ1v) is 6.79. The van der Waals surface area contributed by atoms with Crippen LogP contribution in [0.4, 0.5) is 8.78 Å². The smallest absolute Gasteiger partial charge is 0.250 e. The minimum absolute atomic E-state index is 0.190. The molecule has 2 aromatic rings. The second-order valence-corrected chi connectivity index (χ2v) is 5.27. The zero-order valence-corrected chi connectivity index (χ0v) is 11.6. The standard InChI is InChI=1S/C16H15F2NO2/c1-19-7-5-11(9-15(19)20)16(6-2-8-21-16)13-4-3-12(17)10-14(13)18/h3-5,7,9-10H,2,6,8H2,1H3. The van der Waals surface area contributed by atoms with Gasteiger partial charge in [0.25, 0.3) is 5.56 Å². The first-order chi connectivity index (χ1) is 10.0. The highest BCUT2D eigenvalue weighted by atomic mass is 19.1. The average molecular weight is 291 g/mol. The minimum Gasteiger partial charge on any atom is -0.365 e. The lowest BCUT2D eigenvalue weighted by Crippen LogP contribution is -2.30. The summed E-state index contributed by atoms with van der Waals surface area (Å²) in [7, 11) is 1.65. The van der Waals surface area contributed by atoms with Crippen LogP contribution in [0.3, 0.4) is 0 Å². The second-order valence-electron chi connectivity index (χ2n) is 5.27. The van der Waals surface area contributed by atoms with Crippen molar-refractivity contribution in [3.8, 4) is 0 Å². The molecule has 0 spiro atoms. The number of hydrogen-bond acceptors (Lipinski definition) is 2. The third kappa shape index (κ3) is 2.27. The molecule has 110 valence electrons. The van der Waals surface area contributed by atoms with Crippen LogP contribution in [0.1, 0.15) is 24.0 Å². The van der Waals surface area contributed by atoms with Gasteiger partial charge in [-0.2, -0.15) is 0 Å². The molecule has 1 aliphatic heterocycles. The first kappa shape index (κ1) is 13.9. The predicted octanol–water partition coefficient (Wildman–Crippen LogP) is 2.72. The fourth-order valence-corrected chi connectivity index (χ4v) is 2.85. The quantitative estimate of drug-likeness (QED) is 0.852. The lowest BCUT2D eigenvalue weighted by molar-refractivity contribution is 0.0328. The Morgan fingerprint density at radius 1 is 1.24 bits per heavy atom. The summed E-state index contributed by atoms with van der Waals surface area (Å²) in [5.41, 5.74) is -0.321. The van der Waals surface area contributed by atoms with Crippen LogP contribution >= 0.6 is 0 Å². The number of benzene rings is 1. The molecule has 3 rings (SSSR count). The molecule has 0 bridgehead atoms. The number of pyridine rings is 1. The molecule has 1 saturated heterocycles. The Balaban J connectivity index is 2.20. The maximum Gasteiger partial charge on any atom is 0.250 e. The van der Waals surface area contributed by atoms with E-state index in [-0.39, 0.29) is 11.1 Å². The van der Waals surface area contributed by atoms with Crippen molar-refractivity contribution < 1.29 is 13.5 Å². The van der Waals surface area contributed by atoms with Crippen LogP contribution in [-0.2, 0) is 17.4 Å². The van der Waals surface area contributed by atoms with Gasteiger partial charge in [0.05, 0.1) is 0 Å². The Hall–Kier alpha value is -2.01. The van der Waals surface area contributed by atoms with Crippen molar-refractivity contribution in [3.05, 3.63) is 69.6 Å². The molecule has 3 nitrogen and oxygen atoms in total. The lowest BCUT2D eigenvalue weighted by atomic mass is 9.84. The number of halogens is 2. The van der Waals surface area contributed by atoms with Crippen molar-refractivity contribution in [3.63, 3.8) is 0 Å². The fraction of sp³-hybridized carbons (Fsp3) is 0.312. The van der Waals surface area contributed by atoms with E-state index in [0.29, 0.717) is 18.6 Å². The molecule has 0 aliphatic carbocycles. The topological polar surface area (TPSA) is 31.2 Å². The highest BCUT2D eigenvalue weighted by Crippen LogP contribution is 2.42. The van der Waals surface area contributed by atoms with Gasteiger partial charge in [-0.3, -0.25) is 4.79 Å². The van der Waals surface area contributed by atoms with Crippen LogP contribution in [0.15, 0.2) is 41.3 Å². The summed E-state index contributed by atoms with van der Waals surface area (Å²) >= 11 is 0. The van der Waals surface area contributed by atoms with Crippen LogP contribution in [0.25, 0.3) is 0 Å². The number of aryl methyl sites for hydroxylation is 1. The van der Waals surface area contributed by atoms with E-state index >= 15 is 0 Å². The second kappa shape index (κ2) is 5.07. The molecule has 1 atom stereocenters. The van der Waals surface area contributed by atoms with E-state index in [4.69, 9.17) is 4.74 Å². The van der Waals surface area contributed by atoms with E-state index < -0.39 is 17.2 Å². The molecule has 0 saturated carbocycles. The molecule has 21 heavy (non-hydrogen) atoms. The molecular weight excluding hydrogens is 276 g/mol. The summed E-state index contributed by atoms with van der Waals surface area (Å²) in [6.07, 6.45) is 2.94. The van der Waals surface area contributed by atoms with E-state index in [1.165, 1.54) is 22.8 Å². The molecule has 1 fully saturated rings. The Morgan fingerprint density at radius 3 is 2.67 bits per heavy atom. The van der Waals surface area contributed by atoms with E-state index in [2.05, 4.69) is 0 Å². The highest BCUT2D eigenvalue weighted by molar-refractivity contribution is 5.37. The summed E-state index contributed by atoms with van der Waals surface area (Å²) < 4.78 is 34.6. The molecule has 1 aromatic carbocycles. The van der Waals surface area contributed by atoms with Crippen molar-refractivity contribution in [1.82, 2.24) is 4.57 Å². The molecule has 0 radical (unpaired) electrons. The highest BCUT2D eigenvalue weighted by Gasteiger charge is 2.41. The van der Waals surface area contributed by atoms with Gasteiger partial charge in [-0.15, -0.1) is 0 Å². The molecule has 1 aromatic heterocycles. The third-order valence-corrected chi connectivity index (χ3v) is 3.96.